The van der Waals surface area contributed by atoms with Crippen molar-refractivity contribution < 1.29 is 14.6 Å². The molecule has 0 spiro atoms. The van der Waals surface area contributed by atoms with Crippen molar-refractivity contribution in [3.63, 3.8) is 0 Å². The number of hydrogen-bond donors (Lipinski definition) is 1. The molecule has 0 fully saturated rings. The summed E-state index contributed by atoms with van der Waals surface area (Å²) in [5, 5.41) is 8.62. The van der Waals surface area contributed by atoms with Gasteiger partial charge in [0.05, 0.1) is 12.5 Å². The smallest absolute Gasteiger partial charge is 0.307 e. The third kappa shape index (κ3) is 4.34. The number of aliphatic carboxylic acids is 1. The Bertz CT molecular complexity index is 330. The fourth-order valence-electron chi connectivity index (χ4n) is 1.56. The first-order valence-corrected chi connectivity index (χ1v) is 5.59. The van der Waals surface area contributed by atoms with Crippen molar-refractivity contribution in [2.24, 2.45) is 0 Å². The largest absolute Gasteiger partial charge is 0.491 e. The number of hydrogen-bond acceptors (Lipinski definition) is 2. The van der Waals surface area contributed by atoms with E-state index in [0.717, 1.165) is 24.2 Å². The maximum absolute atomic E-state index is 10.5. The van der Waals surface area contributed by atoms with Gasteiger partial charge in [0.1, 0.15) is 5.75 Å². The van der Waals surface area contributed by atoms with Crippen LogP contribution in [0.4, 0.5) is 0 Å². The van der Waals surface area contributed by atoms with Crippen LogP contribution in [0.25, 0.3) is 0 Å². The predicted molar refractivity (Wildman–Crippen MR) is 62.8 cm³/mol. The van der Waals surface area contributed by atoms with Gasteiger partial charge in [-0.1, -0.05) is 25.5 Å². The van der Waals surface area contributed by atoms with E-state index >= 15 is 0 Å². The third-order valence-electron chi connectivity index (χ3n) is 2.31. The summed E-state index contributed by atoms with van der Waals surface area (Å²) in [5.41, 5.74) is 0.794. The molecule has 0 unspecified atom stereocenters. The van der Waals surface area contributed by atoms with E-state index in [0.29, 0.717) is 0 Å². The van der Waals surface area contributed by atoms with Crippen molar-refractivity contribution in [3.05, 3.63) is 29.8 Å². The van der Waals surface area contributed by atoms with Gasteiger partial charge in [0.25, 0.3) is 0 Å². The lowest BCUT2D eigenvalue weighted by Crippen LogP contribution is -2.10. The van der Waals surface area contributed by atoms with E-state index in [-0.39, 0.29) is 12.5 Å². The van der Waals surface area contributed by atoms with Gasteiger partial charge < -0.3 is 9.84 Å². The zero-order valence-corrected chi connectivity index (χ0v) is 9.77. The molecule has 1 atom stereocenters. The molecule has 88 valence electrons. The van der Waals surface area contributed by atoms with Gasteiger partial charge in [-0.2, -0.15) is 0 Å². The SMILES string of the molecule is CCC[C@@H](C)Oc1ccc(CC(=O)O)cc1. The van der Waals surface area contributed by atoms with Crippen LogP contribution in [0.5, 0.6) is 5.75 Å². The highest BCUT2D eigenvalue weighted by atomic mass is 16.5. The number of carboxylic acids is 1. The van der Waals surface area contributed by atoms with Crippen LogP contribution in [0.2, 0.25) is 0 Å². The number of rotatable bonds is 6. The van der Waals surface area contributed by atoms with Crippen molar-refractivity contribution >= 4 is 5.97 Å². The molecule has 1 aromatic rings. The summed E-state index contributed by atoms with van der Waals surface area (Å²) < 4.78 is 5.67. The Balaban J connectivity index is 2.54. The van der Waals surface area contributed by atoms with E-state index in [9.17, 15) is 4.79 Å². The van der Waals surface area contributed by atoms with Gasteiger partial charge in [0.2, 0.25) is 0 Å². The summed E-state index contributed by atoms with van der Waals surface area (Å²) in [7, 11) is 0. The van der Waals surface area contributed by atoms with Gasteiger partial charge in [-0.15, -0.1) is 0 Å². The van der Waals surface area contributed by atoms with Gasteiger partial charge in [-0.25, -0.2) is 0 Å². The van der Waals surface area contributed by atoms with Crippen LogP contribution < -0.4 is 4.74 Å². The number of benzene rings is 1. The van der Waals surface area contributed by atoms with Crippen molar-refractivity contribution in [2.75, 3.05) is 0 Å². The fourth-order valence-corrected chi connectivity index (χ4v) is 1.56. The molecular weight excluding hydrogens is 204 g/mol. The molecule has 16 heavy (non-hydrogen) atoms. The molecule has 1 rings (SSSR count). The number of carbonyl (C=O) groups is 1. The Morgan fingerprint density at radius 3 is 2.50 bits per heavy atom. The fraction of sp³-hybridized carbons (Fsp3) is 0.462. The third-order valence-corrected chi connectivity index (χ3v) is 2.31. The van der Waals surface area contributed by atoms with Gasteiger partial charge in [0.15, 0.2) is 0 Å². The van der Waals surface area contributed by atoms with E-state index in [1.54, 1.807) is 12.1 Å². The Labute approximate surface area is 96.1 Å². The van der Waals surface area contributed by atoms with Crippen LogP contribution in [0, 0.1) is 0 Å². The molecule has 0 aliphatic rings. The minimum atomic E-state index is -0.812. The summed E-state index contributed by atoms with van der Waals surface area (Å²) in [6, 6.07) is 7.24. The summed E-state index contributed by atoms with van der Waals surface area (Å²) in [5.74, 6) is -0.0110. The highest BCUT2D eigenvalue weighted by molar-refractivity contribution is 5.70. The van der Waals surface area contributed by atoms with Crippen molar-refractivity contribution in [2.45, 2.75) is 39.2 Å². The van der Waals surface area contributed by atoms with E-state index in [1.165, 1.54) is 0 Å². The minimum absolute atomic E-state index is 0.0603. The summed E-state index contributed by atoms with van der Waals surface area (Å²) >= 11 is 0. The van der Waals surface area contributed by atoms with E-state index in [2.05, 4.69) is 6.92 Å². The van der Waals surface area contributed by atoms with Gasteiger partial charge >= 0.3 is 5.97 Å². The van der Waals surface area contributed by atoms with Crippen LogP contribution in [0.3, 0.4) is 0 Å². The lowest BCUT2D eigenvalue weighted by molar-refractivity contribution is -0.136. The number of carboxylic acid groups (broad SMARTS) is 1. The Morgan fingerprint density at radius 2 is 2.00 bits per heavy atom. The lowest BCUT2D eigenvalue weighted by Gasteiger charge is -2.13. The molecule has 1 aromatic carbocycles. The molecule has 0 bridgehead atoms. The highest BCUT2D eigenvalue weighted by Crippen LogP contribution is 2.15. The first-order valence-electron chi connectivity index (χ1n) is 5.59. The Morgan fingerprint density at radius 1 is 1.38 bits per heavy atom. The van der Waals surface area contributed by atoms with Crippen molar-refractivity contribution in [1.82, 2.24) is 0 Å². The molecule has 0 aliphatic carbocycles. The second-order valence-corrected chi connectivity index (χ2v) is 3.93. The minimum Gasteiger partial charge on any atom is -0.491 e. The standard InChI is InChI=1S/C13H18O3/c1-3-4-10(2)16-12-7-5-11(6-8-12)9-13(14)15/h5-8,10H,3-4,9H2,1-2H3,(H,14,15)/t10-/m1/s1. The van der Waals surface area contributed by atoms with E-state index in [1.807, 2.05) is 19.1 Å². The second kappa shape index (κ2) is 6.16. The maximum atomic E-state index is 10.5. The molecule has 0 aromatic heterocycles. The lowest BCUT2D eigenvalue weighted by atomic mass is 10.1. The molecule has 0 radical (unpaired) electrons. The average Bonchev–Trinajstić information content (AvgIpc) is 2.20. The normalized spacial score (nSPS) is 12.1. The van der Waals surface area contributed by atoms with E-state index in [4.69, 9.17) is 9.84 Å². The van der Waals surface area contributed by atoms with Crippen LogP contribution in [-0.4, -0.2) is 17.2 Å². The molecular formula is C13H18O3. The first kappa shape index (κ1) is 12.6. The van der Waals surface area contributed by atoms with Gasteiger partial charge in [0, 0.05) is 0 Å². The molecule has 3 nitrogen and oxygen atoms in total. The van der Waals surface area contributed by atoms with Crippen molar-refractivity contribution in [3.8, 4) is 5.75 Å². The van der Waals surface area contributed by atoms with Gasteiger partial charge in [-0.05, 0) is 31.0 Å². The zero-order valence-electron chi connectivity index (χ0n) is 9.77. The highest BCUT2D eigenvalue weighted by Gasteiger charge is 2.04. The number of ether oxygens (including phenoxy) is 1. The molecule has 1 N–H and O–H groups in total. The van der Waals surface area contributed by atoms with Crippen LogP contribution in [0.15, 0.2) is 24.3 Å². The molecule has 0 heterocycles. The molecule has 0 aliphatic heterocycles. The summed E-state index contributed by atoms with van der Waals surface area (Å²) in [4.78, 5) is 10.5. The molecule has 0 saturated heterocycles. The van der Waals surface area contributed by atoms with Crippen molar-refractivity contribution in [1.29, 1.82) is 0 Å². The average molecular weight is 222 g/mol. The maximum Gasteiger partial charge on any atom is 0.307 e. The van der Waals surface area contributed by atoms with Crippen LogP contribution in [0.1, 0.15) is 32.3 Å². The topological polar surface area (TPSA) is 46.5 Å². The zero-order chi connectivity index (χ0) is 12.0. The van der Waals surface area contributed by atoms with E-state index < -0.39 is 5.97 Å². The molecule has 0 amide bonds. The first-order chi connectivity index (χ1) is 7.61. The predicted octanol–water partition coefficient (Wildman–Crippen LogP) is 2.88. The van der Waals surface area contributed by atoms with Crippen LogP contribution in [-0.2, 0) is 11.2 Å². The van der Waals surface area contributed by atoms with Gasteiger partial charge in [-0.3, -0.25) is 4.79 Å². The summed E-state index contributed by atoms with van der Waals surface area (Å²) in [6.07, 6.45) is 2.38. The quantitative estimate of drug-likeness (QED) is 0.805. The Hall–Kier alpha value is -1.51. The Kier molecular flexibility index (Phi) is 4.83. The second-order valence-electron chi connectivity index (χ2n) is 3.93. The molecule has 0 saturated carbocycles. The van der Waals surface area contributed by atoms with Crippen LogP contribution >= 0.6 is 0 Å². The molecule has 3 heteroatoms. The monoisotopic (exact) mass is 222 g/mol. The summed E-state index contributed by atoms with van der Waals surface area (Å²) in [6.45, 7) is 4.16.